The number of amides is 1. The number of H-pyrrole nitrogens is 1. The fourth-order valence-corrected chi connectivity index (χ4v) is 4.28. The quantitative estimate of drug-likeness (QED) is 0.553. The zero-order valence-electron chi connectivity index (χ0n) is 16.9. The molecule has 2 aromatic heterocycles. The number of carbonyl (C=O) groups excluding carboxylic acids is 1. The van der Waals surface area contributed by atoms with Gasteiger partial charge in [0.2, 0.25) is 5.91 Å². The van der Waals surface area contributed by atoms with Crippen molar-refractivity contribution in [2.45, 2.75) is 44.5 Å². The molecule has 3 heterocycles. The molecular weight excluding hydrogens is 386 g/mol. The van der Waals surface area contributed by atoms with Crippen molar-refractivity contribution in [2.75, 3.05) is 18.9 Å². The van der Waals surface area contributed by atoms with Gasteiger partial charge in [0.25, 0.3) is 0 Å². The van der Waals surface area contributed by atoms with E-state index in [1.165, 1.54) is 11.8 Å². The lowest BCUT2D eigenvalue weighted by atomic mass is 10.1. The first kappa shape index (κ1) is 20.0. The standard InChI is InChI=1S/C21H27N5O2S/c1-14(2)10-23-19(27)13-29-21-25-24-20(26(21)12-15-6-5-9-28-15)17-11-22-18-8-4-3-7-16(17)18/h3-4,7-8,11,14-15,22H,5-6,9-10,12-13H2,1-2H3,(H,23,27). The van der Waals surface area contributed by atoms with Gasteiger partial charge in [0.05, 0.1) is 18.4 Å². The molecule has 1 atom stereocenters. The molecule has 1 aromatic carbocycles. The minimum absolute atomic E-state index is 0.0176. The molecule has 0 radical (unpaired) electrons. The highest BCUT2D eigenvalue weighted by atomic mass is 32.2. The summed E-state index contributed by atoms with van der Waals surface area (Å²) in [6.45, 7) is 6.34. The number of hydrogen-bond donors (Lipinski definition) is 2. The predicted octanol–water partition coefficient (Wildman–Crippen LogP) is 3.47. The molecule has 4 rings (SSSR count). The number of carbonyl (C=O) groups is 1. The van der Waals surface area contributed by atoms with E-state index in [-0.39, 0.29) is 12.0 Å². The van der Waals surface area contributed by atoms with Crippen LogP contribution in [0.4, 0.5) is 0 Å². The van der Waals surface area contributed by atoms with Crippen molar-refractivity contribution >= 4 is 28.6 Å². The van der Waals surface area contributed by atoms with E-state index >= 15 is 0 Å². The third kappa shape index (κ3) is 4.64. The van der Waals surface area contributed by atoms with Crippen molar-refractivity contribution in [2.24, 2.45) is 5.92 Å². The Hall–Kier alpha value is -2.32. The first-order valence-corrected chi connectivity index (χ1v) is 11.1. The number of nitrogens with one attached hydrogen (secondary N) is 2. The fourth-order valence-electron chi connectivity index (χ4n) is 3.51. The van der Waals surface area contributed by atoms with Gasteiger partial charge in [-0.1, -0.05) is 43.8 Å². The van der Waals surface area contributed by atoms with Crippen molar-refractivity contribution in [1.82, 2.24) is 25.1 Å². The van der Waals surface area contributed by atoms with Crippen LogP contribution >= 0.6 is 11.8 Å². The highest BCUT2D eigenvalue weighted by molar-refractivity contribution is 7.99. The lowest BCUT2D eigenvalue weighted by molar-refractivity contribution is -0.118. The van der Waals surface area contributed by atoms with E-state index in [9.17, 15) is 4.79 Å². The first-order valence-electron chi connectivity index (χ1n) is 10.1. The smallest absolute Gasteiger partial charge is 0.230 e. The summed E-state index contributed by atoms with van der Waals surface area (Å²) in [6.07, 6.45) is 4.24. The normalized spacial score (nSPS) is 16.7. The maximum Gasteiger partial charge on any atom is 0.230 e. The van der Waals surface area contributed by atoms with Gasteiger partial charge in [-0.3, -0.25) is 9.36 Å². The molecule has 1 aliphatic heterocycles. The third-order valence-electron chi connectivity index (χ3n) is 5.00. The molecular formula is C21H27N5O2S. The Morgan fingerprint density at radius 2 is 2.24 bits per heavy atom. The van der Waals surface area contributed by atoms with Crippen molar-refractivity contribution in [3.63, 3.8) is 0 Å². The molecule has 0 saturated carbocycles. The third-order valence-corrected chi connectivity index (χ3v) is 5.96. The van der Waals surface area contributed by atoms with Crippen LogP contribution in [-0.4, -0.2) is 50.7 Å². The van der Waals surface area contributed by atoms with Crippen LogP contribution in [0.25, 0.3) is 22.3 Å². The maximum atomic E-state index is 12.2. The van der Waals surface area contributed by atoms with Crippen LogP contribution in [0.3, 0.4) is 0 Å². The van der Waals surface area contributed by atoms with Gasteiger partial charge in [0.15, 0.2) is 11.0 Å². The van der Waals surface area contributed by atoms with Crippen LogP contribution in [0.2, 0.25) is 0 Å². The van der Waals surface area contributed by atoms with Crippen LogP contribution < -0.4 is 5.32 Å². The number of aromatic nitrogens is 4. The van der Waals surface area contributed by atoms with Crippen molar-refractivity contribution < 1.29 is 9.53 Å². The summed E-state index contributed by atoms with van der Waals surface area (Å²) >= 11 is 1.43. The van der Waals surface area contributed by atoms with Crippen LogP contribution in [0, 0.1) is 5.92 Å². The molecule has 2 N–H and O–H groups in total. The second-order valence-electron chi connectivity index (χ2n) is 7.79. The van der Waals surface area contributed by atoms with Gasteiger partial charge in [-0.15, -0.1) is 10.2 Å². The maximum absolute atomic E-state index is 12.2. The number of rotatable bonds is 8. The molecule has 29 heavy (non-hydrogen) atoms. The van der Waals surface area contributed by atoms with Crippen LogP contribution in [0.15, 0.2) is 35.6 Å². The molecule has 8 heteroatoms. The number of hydrogen-bond acceptors (Lipinski definition) is 5. The van der Waals surface area contributed by atoms with Gasteiger partial charge in [0, 0.05) is 35.8 Å². The molecule has 1 aliphatic rings. The molecule has 1 amide bonds. The zero-order chi connectivity index (χ0) is 20.2. The number of para-hydroxylation sites is 1. The number of thioether (sulfide) groups is 1. The minimum Gasteiger partial charge on any atom is -0.376 e. The molecule has 3 aromatic rings. The Kier molecular flexibility index (Phi) is 6.20. The van der Waals surface area contributed by atoms with Crippen molar-refractivity contribution in [3.8, 4) is 11.4 Å². The topological polar surface area (TPSA) is 84.8 Å². The highest BCUT2D eigenvalue weighted by Gasteiger charge is 2.23. The lowest BCUT2D eigenvalue weighted by Crippen LogP contribution is -2.29. The van der Waals surface area contributed by atoms with Crippen LogP contribution in [0.1, 0.15) is 26.7 Å². The molecule has 0 bridgehead atoms. The number of benzene rings is 1. The summed E-state index contributed by atoms with van der Waals surface area (Å²) < 4.78 is 7.96. The van der Waals surface area contributed by atoms with E-state index in [1.807, 2.05) is 24.4 Å². The number of nitrogens with zero attached hydrogens (tertiary/aromatic N) is 3. The van der Waals surface area contributed by atoms with Gasteiger partial charge in [-0.25, -0.2) is 0 Å². The number of aromatic amines is 1. The Balaban J connectivity index is 1.59. The number of fused-ring (bicyclic) bond motifs is 1. The van der Waals surface area contributed by atoms with Gasteiger partial charge in [0.1, 0.15) is 0 Å². The van der Waals surface area contributed by atoms with Gasteiger partial charge in [-0.2, -0.15) is 0 Å². The average molecular weight is 414 g/mol. The van der Waals surface area contributed by atoms with E-state index in [0.717, 1.165) is 46.9 Å². The summed E-state index contributed by atoms with van der Waals surface area (Å²) in [6, 6.07) is 8.17. The van der Waals surface area contributed by atoms with Crippen LogP contribution in [0.5, 0.6) is 0 Å². The lowest BCUT2D eigenvalue weighted by Gasteiger charge is -2.14. The van der Waals surface area contributed by atoms with E-state index < -0.39 is 0 Å². The van der Waals surface area contributed by atoms with E-state index in [2.05, 4.69) is 45.0 Å². The summed E-state index contributed by atoms with van der Waals surface area (Å²) in [5, 5.41) is 13.7. The van der Waals surface area contributed by atoms with Gasteiger partial charge >= 0.3 is 0 Å². The highest BCUT2D eigenvalue weighted by Crippen LogP contribution is 2.31. The Bertz CT molecular complexity index is 975. The molecule has 1 fully saturated rings. The average Bonchev–Trinajstić information content (AvgIpc) is 3.45. The molecule has 7 nitrogen and oxygen atoms in total. The van der Waals surface area contributed by atoms with E-state index in [1.54, 1.807) is 0 Å². The SMILES string of the molecule is CC(C)CNC(=O)CSc1nnc(-c2c[nH]c3ccccc23)n1CC1CCCO1. The Morgan fingerprint density at radius 3 is 3.03 bits per heavy atom. The molecule has 0 spiro atoms. The Morgan fingerprint density at radius 1 is 1.38 bits per heavy atom. The van der Waals surface area contributed by atoms with E-state index in [4.69, 9.17) is 4.74 Å². The summed E-state index contributed by atoms with van der Waals surface area (Å²) in [7, 11) is 0. The number of ether oxygens (including phenoxy) is 1. The summed E-state index contributed by atoms with van der Waals surface area (Å²) in [4.78, 5) is 15.5. The van der Waals surface area contributed by atoms with Gasteiger partial charge < -0.3 is 15.0 Å². The molecule has 1 saturated heterocycles. The van der Waals surface area contributed by atoms with Crippen molar-refractivity contribution in [1.29, 1.82) is 0 Å². The van der Waals surface area contributed by atoms with Crippen molar-refractivity contribution in [3.05, 3.63) is 30.5 Å². The predicted molar refractivity (Wildman–Crippen MR) is 115 cm³/mol. The molecule has 1 unspecified atom stereocenters. The minimum atomic E-state index is 0.0176. The summed E-state index contributed by atoms with van der Waals surface area (Å²) in [5.74, 6) is 1.58. The monoisotopic (exact) mass is 413 g/mol. The van der Waals surface area contributed by atoms with Gasteiger partial charge in [-0.05, 0) is 24.8 Å². The molecule has 0 aliphatic carbocycles. The zero-order valence-corrected chi connectivity index (χ0v) is 17.7. The van der Waals surface area contributed by atoms with Crippen LogP contribution in [-0.2, 0) is 16.1 Å². The molecule has 154 valence electrons. The second kappa shape index (κ2) is 9.00. The van der Waals surface area contributed by atoms with E-state index in [0.29, 0.717) is 24.8 Å². The first-order chi connectivity index (χ1) is 14.1. The largest absolute Gasteiger partial charge is 0.376 e. The summed E-state index contributed by atoms with van der Waals surface area (Å²) in [5.41, 5.74) is 2.08. The second-order valence-corrected chi connectivity index (χ2v) is 8.73. The Labute approximate surface area is 174 Å². The fraction of sp³-hybridized carbons (Fsp3) is 0.476.